The molecule has 0 aliphatic heterocycles. The van der Waals surface area contributed by atoms with E-state index in [0.717, 1.165) is 5.56 Å². The Morgan fingerprint density at radius 1 is 1.10 bits per heavy atom. The molecule has 0 fully saturated rings. The van der Waals surface area contributed by atoms with Gasteiger partial charge in [-0.15, -0.1) is 0 Å². The van der Waals surface area contributed by atoms with Gasteiger partial charge in [-0.2, -0.15) is 0 Å². The number of halogens is 3. The summed E-state index contributed by atoms with van der Waals surface area (Å²) in [4.78, 5) is 11.6. The van der Waals surface area contributed by atoms with Gasteiger partial charge in [0.2, 0.25) is 5.91 Å². The maximum atomic E-state index is 13.6. The van der Waals surface area contributed by atoms with Gasteiger partial charge in [0.1, 0.15) is 5.82 Å². The minimum atomic E-state index is -0.592. The third kappa shape index (κ3) is 4.43. The summed E-state index contributed by atoms with van der Waals surface area (Å²) in [6.45, 7) is 0.192. The summed E-state index contributed by atoms with van der Waals surface area (Å²) in [5.41, 5.74) is 0.943. The van der Waals surface area contributed by atoms with Crippen LogP contribution in [0.3, 0.4) is 0 Å². The number of carbonyl (C=O) groups is 1. The van der Waals surface area contributed by atoms with Gasteiger partial charge < -0.3 is 10.6 Å². The van der Waals surface area contributed by atoms with Crippen molar-refractivity contribution in [3.05, 3.63) is 64.7 Å². The van der Waals surface area contributed by atoms with E-state index in [1.807, 2.05) is 0 Å². The molecular formula is C15H13ClF2N2O. The van der Waals surface area contributed by atoms with Crippen LogP contribution in [0.15, 0.2) is 42.5 Å². The average Bonchev–Trinajstić information content (AvgIpc) is 2.48. The number of amides is 1. The van der Waals surface area contributed by atoms with E-state index in [9.17, 15) is 13.6 Å². The average molecular weight is 311 g/mol. The van der Waals surface area contributed by atoms with E-state index in [-0.39, 0.29) is 35.5 Å². The van der Waals surface area contributed by atoms with E-state index in [0.29, 0.717) is 0 Å². The van der Waals surface area contributed by atoms with Gasteiger partial charge in [-0.05, 0) is 29.8 Å². The van der Waals surface area contributed by atoms with E-state index < -0.39 is 5.82 Å². The maximum Gasteiger partial charge on any atom is 0.239 e. The Hall–Kier alpha value is -2.14. The largest absolute Gasteiger partial charge is 0.374 e. The molecule has 21 heavy (non-hydrogen) atoms. The summed E-state index contributed by atoms with van der Waals surface area (Å²) in [5.74, 6) is -1.23. The molecular weight excluding hydrogens is 298 g/mol. The highest BCUT2D eigenvalue weighted by Gasteiger charge is 2.07. The summed E-state index contributed by atoms with van der Waals surface area (Å²) >= 11 is 5.64. The number of anilines is 1. The molecule has 1 amide bonds. The number of nitrogens with one attached hydrogen (secondary N) is 2. The van der Waals surface area contributed by atoms with E-state index >= 15 is 0 Å². The molecule has 0 saturated heterocycles. The third-order valence-electron chi connectivity index (χ3n) is 2.79. The zero-order chi connectivity index (χ0) is 15.2. The molecule has 0 saturated carbocycles. The van der Waals surface area contributed by atoms with Gasteiger partial charge in [0, 0.05) is 6.54 Å². The topological polar surface area (TPSA) is 41.1 Å². The van der Waals surface area contributed by atoms with Gasteiger partial charge >= 0.3 is 0 Å². The molecule has 0 radical (unpaired) electrons. The van der Waals surface area contributed by atoms with E-state index in [2.05, 4.69) is 10.6 Å². The second kappa shape index (κ2) is 7.04. The van der Waals surface area contributed by atoms with Crippen LogP contribution in [-0.2, 0) is 11.3 Å². The summed E-state index contributed by atoms with van der Waals surface area (Å²) < 4.78 is 26.3. The minimum absolute atomic E-state index is 0.00767. The van der Waals surface area contributed by atoms with Crippen molar-refractivity contribution in [3.63, 3.8) is 0 Å². The van der Waals surface area contributed by atoms with Gasteiger partial charge in [0.25, 0.3) is 0 Å². The number of rotatable bonds is 5. The predicted molar refractivity (Wildman–Crippen MR) is 78.1 cm³/mol. The highest BCUT2D eigenvalue weighted by atomic mass is 35.5. The van der Waals surface area contributed by atoms with Gasteiger partial charge in [0.05, 0.1) is 17.3 Å². The molecule has 2 rings (SSSR count). The molecule has 0 unspecified atom stereocenters. The van der Waals surface area contributed by atoms with Crippen LogP contribution in [0.5, 0.6) is 0 Å². The first-order valence-corrected chi connectivity index (χ1v) is 6.63. The molecule has 0 aliphatic rings. The van der Waals surface area contributed by atoms with Crippen molar-refractivity contribution in [2.75, 3.05) is 11.9 Å². The second-order valence-electron chi connectivity index (χ2n) is 4.36. The lowest BCUT2D eigenvalue weighted by atomic mass is 10.2. The first kappa shape index (κ1) is 15.3. The fourth-order valence-corrected chi connectivity index (χ4v) is 1.86. The molecule has 2 aromatic rings. The maximum absolute atomic E-state index is 13.6. The number of benzene rings is 2. The van der Waals surface area contributed by atoms with Crippen LogP contribution in [0.2, 0.25) is 5.02 Å². The Bertz CT molecular complexity index is 632. The van der Waals surface area contributed by atoms with E-state index in [4.69, 9.17) is 11.6 Å². The zero-order valence-corrected chi connectivity index (χ0v) is 11.8. The predicted octanol–water partition coefficient (Wildman–Crippen LogP) is 3.35. The van der Waals surface area contributed by atoms with Gasteiger partial charge in [-0.3, -0.25) is 4.79 Å². The molecule has 0 atom stereocenters. The Balaban J connectivity index is 1.82. The Morgan fingerprint density at radius 2 is 1.81 bits per heavy atom. The van der Waals surface area contributed by atoms with Gasteiger partial charge in [0.15, 0.2) is 5.82 Å². The molecule has 0 aliphatic carbocycles. The summed E-state index contributed by atoms with van der Waals surface area (Å²) in [7, 11) is 0. The standard InChI is InChI=1S/C15H13ClF2N2O/c16-12-2-1-3-13(15(12)18)19-9-14(21)20-8-10-4-6-11(17)7-5-10/h1-7,19H,8-9H2,(H,20,21). The molecule has 0 bridgehead atoms. The fraction of sp³-hybridized carbons (Fsp3) is 0.133. The van der Waals surface area contributed by atoms with Crippen LogP contribution in [0.1, 0.15) is 5.56 Å². The van der Waals surface area contributed by atoms with Crippen molar-refractivity contribution in [1.82, 2.24) is 5.32 Å². The lowest BCUT2D eigenvalue weighted by Gasteiger charge is -2.09. The molecule has 0 spiro atoms. The Morgan fingerprint density at radius 3 is 2.52 bits per heavy atom. The van der Waals surface area contributed by atoms with Crippen molar-refractivity contribution < 1.29 is 13.6 Å². The van der Waals surface area contributed by atoms with Crippen molar-refractivity contribution in [2.24, 2.45) is 0 Å². The Labute approximate surface area is 125 Å². The van der Waals surface area contributed by atoms with Crippen molar-refractivity contribution in [1.29, 1.82) is 0 Å². The molecule has 2 aromatic carbocycles. The lowest BCUT2D eigenvalue weighted by molar-refractivity contribution is -0.119. The van der Waals surface area contributed by atoms with Gasteiger partial charge in [-0.25, -0.2) is 8.78 Å². The second-order valence-corrected chi connectivity index (χ2v) is 4.77. The number of carbonyl (C=O) groups excluding carboxylic acids is 1. The van der Waals surface area contributed by atoms with Crippen LogP contribution in [0.4, 0.5) is 14.5 Å². The molecule has 2 N–H and O–H groups in total. The summed E-state index contributed by atoms with van der Waals surface area (Å²) in [5, 5.41) is 5.30. The third-order valence-corrected chi connectivity index (χ3v) is 3.09. The smallest absolute Gasteiger partial charge is 0.239 e. The minimum Gasteiger partial charge on any atom is -0.374 e. The molecule has 3 nitrogen and oxygen atoms in total. The van der Waals surface area contributed by atoms with Crippen LogP contribution in [0.25, 0.3) is 0 Å². The Kier molecular flexibility index (Phi) is 5.11. The first-order valence-electron chi connectivity index (χ1n) is 6.25. The fourth-order valence-electron chi connectivity index (χ4n) is 1.68. The quantitative estimate of drug-likeness (QED) is 0.889. The highest BCUT2D eigenvalue weighted by Crippen LogP contribution is 2.21. The van der Waals surface area contributed by atoms with E-state index in [1.54, 1.807) is 18.2 Å². The normalized spacial score (nSPS) is 10.2. The van der Waals surface area contributed by atoms with Gasteiger partial charge in [-0.1, -0.05) is 29.8 Å². The van der Waals surface area contributed by atoms with Crippen molar-refractivity contribution in [3.8, 4) is 0 Å². The SMILES string of the molecule is O=C(CNc1cccc(Cl)c1F)NCc1ccc(F)cc1. The first-order chi connectivity index (χ1) is 10.1. The number of hydrogen-bond donors (Lipinski definition) is 2. The van der Waals surface area contributed by atoms with Crippen LogP contribution < -0.4 is 10.6 Å². The van der Waals surface area contributed by atoms with Crippen LogP contribution >= 0.6 is 11.6 Å². The molecule has 110 valence electrons. The van der Waals surface area contributed by atoms with Crippen molar-refractivity contribution in [2.45, 2.75) is 6.54 Å². The molecule has 0 heterocycles. The lowest BCUT2D eigenvalue weighted by Crippen LogP contribution is -2.29. The zero-order valence-electron chi connectivity index (χ0n) is 11.0. The summed E-state index contributed by atoms with van der Waals surface area (Å²) in [6.07, 6.45) is 0. The monoisotopic (exact) mass is 310 g/mol. The van der Waals surface area contributed by atoms with Crippen LogP contribution in [-0.4, -0.2) is 12.5 Å². The van der Waals surface area contributed by atoms with E-state index in [1.165, 1.54) is 24.3 Å². The van der Waals surface area contributed by atoms with Crippen LogP contribution in [0, 0.1) is 11.6 Å². The van der Waals surface area contributed by atoms with Crippen molar-refractivity contribution >= 4 is 23.2 Å². The highest BCUT2D eigenvalue weighted by molar-refractivity contribution is 6.31. The molecule has 0 aromatic heterocycles. The number of hydrogen-bond acceptors (Lipinski definition) is 2. The summed E-state index contributed by atoms with van der Waals surface area (Å²) in [6, 6.07) is 10.3. The molecule has 6 heteroatoms.